The van der Waals surface area contributed by atoms with Gasteiger partial charge in [0.1, 0.15) is 0 Å². The SMILES string of the molecule is CC(C)(C)c1ccc(C=CCl)cc1. The third kappa shape index (κ3) is 2.89. The Hall–Kier alpha value is -0.750. The Kier molecular flexibility index (Phi) is 3.16. The van der Waals surface area contributed by atoms with E-state index in [0.29, 0.717) is 0 Å². The molecule has 1 rings (SSSR count). The van der Waals surface area contributed by atoms with Crippen LogP contribution >= 0.6 is 11.6 Å². The van der Waals surface area contributed by atoms with Gasteiger partial charge in [-0.2, -0.15) is 0 Å². The second-order valence-corrected chi connectivity index (χ2v) is 4.42. The van der Waals surface area contributed by atoms with Gasteiger partial charge in [0.15, 0.2) is 0 Å². The largest absolute Gasteiger partial charge is 0.0929 e. The maximum absolute atomic E-state index is 5.49. The Morgan fingerprint density at radius 3 is 2.00 bits per heavy atom. The maximum Gasteiger partial charge on any atom is 0.00484 e. The van der Waals surface area contributed by atoms with Gasteiger partial charge in [0.25, 0.3) is 0 Å². The molecule has 13 heavy (non-hydrogen) atoms. The van der Waals surface area contributed by atoms with Crippen molar-refractivity contribution in [2.45, 2.75) is 26.2 Å². The molecule has 0 amide bonds. The van der Waals surface area contributed by atoms with Gasteiger partial charge in [0.2, 0.25) is 0 Å². The monoisotopic (exact) mass is 194 g/mol. The normalized spacial score (nSPS) is 12.3. The molecule has 0 N–H and O–H groups in total. The molecule has 0 saturated carbocycles. The summed E-state index contributed by atoms with van der Waals surface area (Å²) in [6.45, 7) is 6.62. The van der Waals surface area contributed by atoms with E-state index in [0.717, 1.165) is 5.56 Å². The molecule has 0 atom stereocenters. The fourth-order valence-electron chi connectivity index (χ4n) is 1.17. The van der Waals surface area contributed by atoms with E-state index in [-0.39, 0.29) is 5.41 Å². The van der Waals surface area contributed by atoms with Gasteiger partial charge in [-0.15, -0.1) is 0 Å². The molecule has 1 heteroatoms. The zero-order valence-electron chi connectivity index (χ0n) is 8.34. The number of halogens is 1. The molecule has 0 bridgehead atoms. The van der Waals surface area contributed by atoms with Crippen molar-refractivity contribution < 1.29 is 0 Å². The Morgan fingerprint density at radius 2 is 1.62 bits per heavy atom. The molecule has 1 aromatic carbocycles. The Balaban J connectivity index is 2.94. The molecule has 0 aromatic heterocycles. The van der Waals surface area contributed by atoms with Crippen molar-refractivity contribution in [2.24, 2.45) is 0 Å². The standard InChI is InChI=1S/C12H15Cl/c1-12(2,3)11-6-4-10(5-7-11)8-9-13/h4-9H,1-3H3. The first-order valence-electron chi connectivity index (χ1n) is 4.41. The third-order valence-corrected chi connectivity index (χ3v) is 2.16. The summed E-state index contributed by atoms with van der Waals surface area (Å²) in [5.74, 6) is 0. The van der Waals surface area contributed by atoms with E-state index < -0.39 is 0 Å². The van der Waals surface area contributed by atoms with Crippen molar-refractivity contribution in [2.75, 3.05) is 0 Å². The minimum absolute atomic E-state index is 0.225. The average Bonchev–Trinajstić information content (AvgIpc) is 2.04. The molecule has 0 aliphatic rings. The molecule has 0 aliphatic heterocycles. The third-order valence-electron chi connectivity index (χ3n) is 2.03. The molecule has 0 spiro atoms. The molecule has 0 fully saturated rings. The summed E-state index contributed by atoms with van der Waals surface area (Å²) >= 11 is 5.49. The summed E-state index contributed by atoms with van der Waals surface area (Å²) < 4.78 is 0. The van der Waals surface area contributed by atoms with Crippen LogP contribution in [0, 0.1) is 0 Å². The Bertz CT molecular complexity index is 288. The predicted molar refractivity (Wildman–Crippen MR) is 60.0 cm³/mol. The number of hydrogen-bond acceptors (Lipinski definition) is 0. The first kappa shape index (κ1) is 10.3. The number of benzene rings is 1. The summed E-state index contributed by atoms with van der Waals surface area (Å²) in [6, 6.07) is 8.46. The van der Waals surface area contributed by atoms with E-state index in [1.807, 2.05) is 6.08 Å². The van der Waals surface area contributed by atoms with Crippen LogP contribution in [0.15, 0.2) is 29.8 Å². The molecule has 0 nitrogen and oxygen atoms in total. The molecular formula is C12H15Cl. The van der Waals surface area contributed by atoms with Crippen LogP contribution in [-0.4, -0.2) is 0 Å². The van der Waals surface area contributed by atoms with Crippen molar-refractivity contribution in [1.82, 2.24) is 0 Å². The zero-order chi connectivity index (χ0) is 9.90. The summed E-state index contributed by atoms with van der Waals surface area (Å²) in [7, 11) is 0. The van der Waals surface area contributed by atoms with Gasteiger partial charge < -0.3 is 0 Å². The van der Waals surface area contributed by atoms with Crippen molar-refractivity contribution >= 4 is 17.7 Å². The molecule has 0 aliphatic carbocycles. The van der Waals surface area contributed by atoms with Gasteiger partial charge in [-0.3, -0.25) is 0 Å². The molecule has 70 valence electrons. The summed E-state index contributed by atoms with van der Waals surface area (Å²) in [4.78, 5) is 0. The van der Waals surface area contributed by atoms with Crippen molar-refractivity contribution in [3.8, 4) is 0 Å². The quantitative estimate of drug-likeness (QED) is 0.629. The molecule has 1 aromatic rings. The van der Waals surface area contributed by atoms with Crippen molar-refractivity contribution in [1.29, 1.82) is 0 Å². The molecule has 0 heterocycles. The zero-order valence-corrected chi connectivity index (χ0v) is 9.10. The van der Waals surface area contributed by atoms with Crippen LogP contribution in [-0.2, 0) is 5.41 Å². The van der Waals surface area contributed by atoms with Gasteiger partial charge >= 0.3 is 0 Å². The van der Waals surface area contributed by atoms with Crippen LogP contribution in [0.2, 0.25) is 0 Å². The molecule has 0 radical (unpaired) electrons. The fraction of sp³-hybridized carbons (Fsp3) is 0.333. The molecular weight excluding hydrogens is 180 g/mol. The van der Waals surface area contributed by atoms with Crippen LogP contribution in [0.25, 0.3) is 6.08 Å². The second-order valence-electron chi connectivity index (χ2n) is 4.16. The van der Waals surface area contributed by atoms with Crippen molar-refractivity contribution in [3.05, 3.63) is 40.9 Å². The van der Waals surface area contributed by atoms with Gasteiger partial charge in [-0.05, 0) is 22.6 Å². The van der Waals surface area contributed by atoms with E-state index >= 15 is 0 Å². The number of rotatable bonds is 1. The van der Waals surface area contributed by atoms with E-state index in [1.165, 1.54) is 11.1 Å². The highest BCUT2D eigenvalue weighted by Crippen LogP contribution is 2.22. The first-order valence-corrected chi connectivity index (χ1v) is 4.85. The fourth-order valence-corrected chi connectivity index (χ4v) is 1.31. The lowest BCUT2D eigenvalue weighted by molar-refractivity contribution is 0.590. The molecule has 0 saturated heterocycles. The molecule has 0 unspecified atom stereocenters. The van der Waals surface area contributed by atoms with Gasteiger partial charge in [0, 0.05) is 5.54 Å². The van der Waals surface area contributed by atoms with Crippen LogP contribution in [0.4, 0.5) is 0 Å². The van der Waals surface area contributed by atoms with Crippen LogP contribution in [0.3, 0.4) is 0 Å². The van der Waals surface area contributed by atoms with E-state index in [4.69, 9.17) is 11.6 Å². The summed E-state index contributed by atoms with van der Waals surface area (Å²) in [6.07, 6.45) is 1.88. The minimum Gasteiger partial charge on any atom is -0.0929 e. The smallest absolute Gasteiger partial charge is 0.00484 e. The summed E-state index contributed by atoms with van der Waals surface area (Å²) in [5, 5.41) is 0. The van der Waals surface area contributed by atoms with E-state index in [9.17, 15) is 0 Å². The summed E-state index contributed by atoms with van der Waals surface area (Å²) in [5.41, 5.74) is 4.25. The predicted octanol–water partition coefficient (Wildman–Crippen LogP) is 4.19. The first-order chi connectivity index (χ1) is 6.04. The topological polar surface area (TPSA) is 0 Å². The minimum atomic E-state index is 0.225. The Morgan fingerprint density at radius 1 is 1.08 bits per heavy atom. The van der Waals surface area contributed by atoms with Crippen LogP contribution < -0.4 is 0 Å². The Labute approximate surface area is 85.2 Å². The highest BCUT2D eigenvalue weighted by Gasteiger charge is 2.12. The lowest BCUT2D eigenvalue weighted by Crippen LogP contribution is -2.10. The maximum atomic E-state index is 5.49. The number of hydrogen-bond donors (Lipinski definition) is 0. The van der Waals surface area contributed by atoms with Crippen LogP contribution in [0.5, 0.6) is 0 Å². The highest BCUT2D eigenvalue weighted by atomic mass is 35.5. The van der Waals surface area contributed by atoms with Gasteiger partial charge in [-0.25, -0.2) is 0 Å². The van der Waals surface area contributed by atoms with E-state index in [1.54, 1.807) is 0 Å². The van der Waals surface area contributed by atoms with Gasteiger partial charge in [-0.1, -0.05) is 56.6 Å². The van der Waals surface area contributed by atoms with Gasteiger partial charge in [0.05, 0.1) is 0 Å². The van der Waals surface area contributed by atoms with Crippen molar-refractivity contribution in [3.63, 3.8) is 0 Å². The second kappa shape index (κ2) is 3.97. The van der Waals surface area contributed by atoms with E-state index in [2.05, 4.69) is 45.0 Å². The lowest BCUT2D eigenvalue weighted by Gasteiger charge is -2.18. The van der Waals surface area contributed by atoms with Crippen LogP contribution in [0.1, 0.15) is 31.9 Å². The average molecular weight is 195 g/mol. The lowest BCUT2D eigenvalue weighted by atomic mass is 9.87. The highest BCUT2D eigenvalue weighted by molar-refractivity contribution is 6.27.